The molecule has 0 radical (unpaired) electrons. The molecule has 4 aromatic heterocycles. The lowest BCUT2D eigenvalue weighted by molar-refractivity contribution is -0.0301. The van der Waals surface area contributed by atoms with E-state index < -0.39 is 17.9 Å². The number of hydrogen-bond acceptors (Lipinski definition) is 19. The smallest absolute Gasteiger partial charge is 0.409 e. The largest absolute Gasteiger partial charge is 0.494 e. The fraction of sp³-hybridized carbons (Fsp3) is 0.407. The predicted octanol–water partition coefficient (Wildman–Crippen LogP) is 6.89. The van der Waals surface area contributed by atoms with Gasteiger partial charge in [0.15, 0.2) is 45.5 Å². The molecule has 3 aromatic carbocycles. The number of nitrogens with one attached hydrogen (secondary N) is 6. The van der Waals surface area contributed by atoms with E-state index in [-0.39, 0.29) is 34.4 Å². The first kappa shape index (κ1) is 62.8. The highest BCUT2D eigenvalue weighted by atomic mass is 35.5. The minimum absolute atomic E-state index is 0.0753. The Labute approximate surface area is 513 Å². The summed E-state index contributed by atoms with van der Waals surface area (Å²) in [6.45, 7) is 5.99. The molecule has 3 aliphatic carbocycles. The van der Waals surface area contributed by atoms with Crippen LogP contribution in [0.3, 0.4) is 0 Å². The number of carbonyl (C=O) groups excluding carboxylic acids is 5. The van der Waals surface area contributed by atoms with Gasteiger partial charge >= 0.3 is 18.2 Å². The summed E-state index contributed by atoms with van der Waals surface area (Å²) in [7, 11) is 9.68. The standard InChI is InChI=1S/C23H27N9O3.C16H16ClN7O2.C7H12N2O.C7H7NO2.C6H11N/c1-24-21(33)18-16(10-17(28-29-18)27-22(34)32-11-23(12-32)8-5-9-23)26-15-7-4-6-14(19(15)35-3)20-25-13-31(2)30-20;1-18-16(25)13-11(7-12(17)21-22-13)20-10-6-4-5-9(14(10)26-3)15-19-8-24(2)23-15;8-6(10)9-4-7(5-9)2-1-3-7;8-7(9)10-6-4-2-1-3-5-6;1-2-6(3-1)4-7-5-6/h4,6-7,10,13H,5,8-9,11-12H2,1-3H3,(H,24,33)(H2,26,27,28,34);4-8H,1-3H3,(H,18,25)(H,20,21);1-5H2,(H2,8,10);1-5H,(H2,8,9);7H,1-5H2. The van der Waals surface area contributed by atoms with Gasteiger partial charge < -0.3 is 62.1 Å². The highest BCUT2D eigenvalue weighted by Gasteiger charge is 2.50. The molecular formula is C59H73ClN20O8. The van der Waals surface area contributed by atoms with Crippen molar-refractivity contribution in [1.82, 2.24) is 75.7 Å². The van der Waals surface area contributed by atoms with Crippen LogP contribution in [0.4, 0.5) is 43.0 Å². The number of nitrogens with zero attached hydrogens (tertiary/aromatic N) is 12. The van der Waals surface area contributed by atoms with Crippen LogP contribution in [-0.4, -0.2) is 157 Å². The monoisotopic (exact) mass is 1220 g/mol. The molecule has 10 N–H and O–H groups in total. The van der Waals surface area contributed by atoms with E-state index in [1.807, 2.05) is 30.3 Å². The Kier molecular flexibility index (Phi) is 19.8. The van der Waals surface area contributed by atoms with Crippen molar-refractivity contribution in [2.75, 3.05) is 83.5 Å². The third-order valence-electron chi connectivity index (χ3n) is 16.2. The van der Waals surface area contributed by atoms with Crippen molar-refractivity contribution in [3.8, 4) is 40.0 Å². The molecule has 0 bridgehead atoms. The number of urea groups is 2. The molecule has 3 aliphatic heterocycles. The van der Waals surface area contributed by atoms with Gasteiger partial charge in [-0.1, -0.05) is 61.2 Å². The zero-order valence-electron chi connectivity index (χ0n) is 49.9. The highest BCUT2D eigenvalue weighted by molar-refractivity contribution is 6.29. The molecule has 13 rings (SSSR count). The number of aryl methyl sites for hydroxylation is 2. The van der Waals surface area contributed by atoms with E-state index in [2.05, 4.69) is 77.2 Å². The van der Waals surface area contributed by atoms with Crippen LogP contribution in [0.15, 0.2) is 91.5 Å². The fourth-order valence-corrected chi connectivity index (χ4v) is 11.1. The zero-order valence-corrected chi connectivity index (χ0v) is 50.7. The Morgan fingerprint density at radius 3 is 1.45 bits per heavy atom. The molecule has 29 heteroatoms. The molecule has 88 heavy (non-hydrogen) atoms. The summed E-state index contributed by atoms with van der Waals surface area (Å²) in [5, 5.41) is 42.0. The van der Waals surface area contributed by atoms with Gasteiger partial charge in [0.2, 0.25) is 0 Å². The molecule has 6 fully saturated rings. The number of halogens is 1. The molecule has 6 aliphatic rings. The number of primary amides is 2. The number of amides is 7. The Bertz CT molecular complexity index is 3590. The molecular weight excluding hydrogens is 1150 g/mol. The average molecular weight is 1230 g/mol. The lowest BCUT2D eigenvalue weighted by Gasteiger charge is -2.55. The van der Waals surface area contributed by atoms with Crippen molar-refractivity contribution in [3.63, 3.8) is 0 Å². The molecule has 3 saturated heterocycles. The van der Waals surface area contributed by atoms with Crippen molar-refractivity contribution in [2.24, 2.45) is 41.8 Å². The fourth-order valence-electron chi connectivity index (χ4n) is 11.0. The van der Waals surface area contributed by atoms with Crippen molar-refractivity contribution >= 4 is 70.1 Å². The van der Waals surface area contributed by atoms with Crippen LogP contribution in [-0.2, 0) is 14.1 Å². The number of likely N-dealkylation sites (tertiary alicyclic amines) is 2. The van der Waals surface area contributed by atoms with Gasteiger partial charge in [-0.05, 0) is 80.3 Å². The minimum Gasteiger partial charge on any atom is -0.494 e. The van der Waals surface area contributed by atoms with E-state index in [0.717, 1.165) is 31.6 Å². The molecule has 7 amide bonds. The van der Waals surface area contributed by atoms with E-state index in [9.17, 15) is 24.0 Å². The normalized spacial score (nSPS) is 16.2. The van der Waals surface area contributed by atoms with Crippen molar-refractivity contribution in [2.45, 2.75) is 57.8 Å². The topological polar surface area (TPSA) is 357 Å². The third-order valence-corrected chi connectivity index (χ3v) is 16.4. The number of rotatable bonds is 12. The van der Waals surface area contributed by atoms with Gasteiger partial charge in [-0.15, -0.1) is 20.4 Å². The number of carbonyl (C=O) groups is 5. The van der Waals surface area contributed by atoms with Crippen molar-refractivity contribution in [3.05, 3.63) is 108 Å². The minimum atomic E-state index is -0.786. The molecule has 7 aromatic rings. The maximum Gasteiger partial charge on any atom is 0.409 e. The maximum atomic E-state index is 12.7. The SMILES string of the molecule is C1CC2(C1)CNC2.CNC(=O)c1nnc(Cl)cc1Nc1cccc(-c2ncn(C)n2)c1OC.CNC(=O)c1nnc(NC(=O)N2CC3(CCC3)C2)cc1Nc1cccc(-c2ncn(C)n2)c1OC.NC(=O)N1CC2(CCC2)C1.NC(=O)Oc1ccccc1. The summed E-state index contributed by atoms with van der Waals surface area (Å²) in [5.41, 5.74) is 15.0. The molecule has 3 saturated carbocycles. The number of ether oxygens (including phenoxy) is 3. The number of para-hydroxylation sites is 3. The Hall–Kier alpha value is -9.70. The van der Waals surface area contributed by atoms with E-state index in [1.54, 1.807) is 103 Å². The summed E-state index contributed by atoms with van der Waals surface area (Å²) in [6, 6.07) is 22.2. The first-order valence-electron chi connectivity index (χ1n) is 28.7. The van der Waals surface area contributed by atoms with Gasteiger partial charge in [-0.3, -0.25) is 24.3 Å². The van der Waals surface area contributed by atoms with Crippen LogP contribution in [0.5, 0.6) is 17.2 Å². The van der Waals surface area contributed by atoms with E-state index in [4.69, 9.17) is 32.5 Å². The number of anilines is 5. The van der Waals surface area contributed by atoms with Crippen LogP contribution < -0.4 is 57.6 Å². The first-order valence-corrected chi connectivity index (χ1v) is 29.0. The molecule has 0 unspecified atom stereocenters. The van der Waals surface area contributed by atoms with Crippen LogP contribution in [0.1, 0.15) is 78.8 Å². The second kappa shape index (κ2) is 27.8. The van der Waals surface area contributed by atoms with Gasteiger partial charge in [-0.2, -0.15) is 10.2 Å². The first-order chi connectivity index (χ1) is 42.4. The number of hydrogen-bond donors (Lipinski definition) is 8. The van der Waals surface area contributed by atoms with Gasteiger partial charge in [0, 0.05) is 90.4 Å². The summed E-state index contributed by atoms with van der Waals surface area (Å²) in [4.78, 5) is 70.0. The van der Waals surface area contributed by atoms with Crippen LogP contribution in [0.25, 0.3) is 22.8 Å². The second-order valence-corrected chi connectivity index (χ2v) is 22.9. The summed E-state index contributed by atoms with van der Waals surface area (Å²) in [5.74, 6) is 1.93. The van der Waals surface area contributed by atoms with E-state index >= 15 is 0 Å². The number of methoxy groups -OCH3 is 2. The van der Waals surface area contributed by atoms with Gasteiger partial charge in [-0.25, -0.2) is 24.4 Å². The lowest BCUT2D eigenvalue weighted by Crippen LogP contribution is -2.62. The number of benzene rings is 3. The predicted molar refractivity (Wildman–Crippen MR) is 329 cm³/mol. The third kappa shape index (κ3) is 14.9. The molecule has 28 nitrogen and oxygen atoms in total. The molecule has 0 atom stereocenters. The lowest BCUT2D eigenvalue weighted by atomic mass is 9.64. The second-order valence-electron chi connectivity index (χ2n) is 22.5. The van der Waals surface area contributed by atoms with E-state index in [1.165, 1.54) is 91.0 Å². The molecule has 464 valence electrons. The Balaban J connectivity index is 0.000000149. The highest BCUT2D eigenvalue weighted by Crippen LogP contribution is 2.49. The average Bonchev–Trinajstić information content (AvgIpc) is 1.09. The summed E-state index contributed by atoms with van der Waals surface area (Å²) >= 11 is 5.94. The van der Waals surface area contributed by atoms with Crippen molar-refractivity contribution in [1.29, 1.82) is 0 Å². The van der Waals surface area contributed by atoms with Crippen LogP contribution >= 0.6 is 11.6 Å². The molecule has 7 heterocycles. The maximum absolute atomic E-state index is 12.7. The van der Waals surface area contributed by atoms with Crippen molar-refractivity contribution < 1.29 is 38.2 Å². The Morgan fingerprint density at radius 2 is 1.07 bits per heavy atom. The van der Waals surface area contributed by atoms with Gasteiger partial charge in [0.05, 0.1) is 48.1 Å². The zero-order chi connectivity index (χ0) is 62.6. The van der Waals surface area contributed by atoms with Crippen LogP contribution in [0.2, 0.25) is 5.15 Å². The number of nitrogens with two attached hydrogens (primary N) is 2. The summed E-state index contributed by atoms with van der Waals surface area (Å²) < 4.78 is 19.0. The van der Waals surface area contributed by atoms with Crippen LogP contribution in [0, 0.1) is 16.2 Å². The van der Waals surface area contributed by atoms with E-state index in [0.29, 0.717) is 73.6 Å². The number of aromatic nitrogens is 10. The van der Waals surface area contributed by atoms with Gasteiger partial charge in [0.1, 0.15) is 18.4 Å². The molecule has 3 spiro atoms. The quantitative estimate of drug-likeness (QED) is 0.0617. The summed E-state index contributed by atoms with van der Waals surface area (Å²) in [6.07, 6.45) is 14.4. The van der Waals surface area contributed by atoms with Gasteiger partial charge in [0.25, 0.3) is 11.8 Å². The Morgan fingerprint density at radius 1 is 0.591 bits per heavy atom.